The smallest absolute Gasteiger partial charge is 0.0547 e. The van der Waals surface area contributed by atoms with Crippen LogP contribution in [0.25, 0.3) is 0 Å². The average Bonchev–Trinajstić information content (AvgIpc) is 2.73. The third-order valence-electron chi connectivity index (χ3n) is 5.27. The van der Waals surface area contributed by atoms with E-state index in [-0.39, 0.29) is 0 Å². The van der Waals surface area contributed by atoms with Crippen molar-refractivity contribution in [1.29, 1.82) is 0 Å². The van der Waals surface area contributed by atoms with Gasteiger partial charge in [0.25, 0.3) is 0 Å². The van der Waals surface area contributed by atoms with Crippen molar-refractivity contribution in [3.05, 3.63) is 0 Å². The van der Waals surface area contributed by atoms with Crippen molar-refractivity contribution < 1.29 is 4.74 Å². The highest BCUT2D eigenvalue weighted by Gasteiger charge is 2.37. The fourth-order valence-corrected chi connectivity index (χ4v) is 3.95. The molecular formula is C18H36N2O. The van der Waals surface area contributed by atoms with E-state index >= 15 is 0 Å². The van der Waals surface area contributed by atoms with Gasteiger partial charge >= 0.3 is 0 Å². The first-order valence-electron chi connectivity index (χ1n) is 9.10. The number of hydrogen-bond acceptors (Lipinski definition) is 3. The zero-order valence-electron chi connectivity index (χ0n) is 14.5. The first-order valence-corrected chi connectivity index (χ1v) is 9.10. The van der Waals surface area contributed by atoms with Crippen molar-refractivity contribution in [2.24, 2.45) is 11.3 Å². The Hall–Kier alpha value is -0.120. The summed E-state index contributed by atoms with van der Waals surface area (Å²) >= 11 is 0. The number of rotatable bonds is 7. The molecule has 0 radical (unpaired) electrons. The normalized spacial score (nSPS) is 28.4. The highest BCUT2D eigenvalue weighted by molar-refractivity contribution is 4.89. The zero-order valence-corrected chi connectivity index (χ0v) is 14.5. The maximum absolute atomic E-state index is 5.76. The topological polar surface area (TPSA) is 24.5 Å². The maximum Gasteiger partial charge on any atom is 0.0547 e. The van der Waals surface area contributed by atoms with Crippen LogP contribution in [-0.4, -0.2) is 50.8 Å². The number of nitrogens with one attached hydrogen (secondary N) is 1. The lowest BCUT2D eigenvalue weighted by molar-refractivity contribution is 0.0955. The molecule has 0 aromatic rings. The van der Waals surface area contributed by atoms with E-state index in [0.29, 0.717) is 5.41 Å². The molecule has 2 rings (SSSR count). The third kappa shape index (κ3) is 5.54. The summed E-state index contributed by atoms with van der Waals surface area (Å²) in [6.45, 7) is 9.88. The highest BCUT2D eigenvalue weighted by Crippen LogP contribution is 2.31. The molecule has 0 bridgehead atoms. The zero-order chi connectivity index (χ0) is 15.1. The van der Waals surface area contributed by atoms with Crippen LogP contribution in [0.15, 0.2) is 0 Å². The van der Waals surface area contributed by atoms with E-state index in [1.54, 1.807) is 0 Å². The van der Waals surface area contributed by atoms with Gasteiger partial charge in [-0.3, -0.25) is 0 Å². The van der Waals surface area contributed by atoms with Crippen molar-refractivity contribution in [3.63, 3.8) is 0 Å². The van der Waals surface area contributed by atoms with E-state index < -0.39 is 0 Å². The van der Waals surface area contributed by atoms with Gasteiger partial charge in [0.2, 0.25) is 0 Å². The molecule has 0 amide bonds. The molecule has 1 atom stereocenters. The van der Waals surface area contributed by atoms with E-state index in [0.717, 1.165) is 38.3 Å². The lowest BCUT2D eigenvalue weighted by atomic mass is 9.85. The molecular weight excluding hydrogens is 260 g/mol. The van der Waals surface area contributed by atoms with Gasteiger partial charge in [0.05, 0.1) is 6.61 Å². The van der Waals surface area contributed by atoms with Gasteiger partial charge in [-0.05, 0) is 38.8 Å². The second-order valence-corrected chi connectivity index (χ2v) is 7.89. The molecule has 0 aromatic heterocycles. The second kappa shape index (κ2) is 8.50. The van der Waals surface area contributed by atoms with Gasteiger partial charge in [0, 0.05) is 31.2 Å². The van der Waals surface area contributed by atoms with Crippen LogP contribution in [0.4, 0.5) is 0 Å². The molecule has 3 heteroatoms. The van der Waals surface area contributed by atoms with Gasteiger partial charge in [0.15, 0.2) is 0 Å². The molecule has 0 aromatic carbocycles. The van der Waals surface area contributed by atoms with Gasteiger partial charge in [0.1, 0.15) is 0 Å². The predicted octanol–water partition coefficient (Wildman–Crippen LogP) is 3.29. The summed E-state index contributed by atoms with van der Waals surface area (Å²) in [5.74, 6) is 0.726. The summed E-state index contributed by atoms with van der Waals surface area (Å²) in [4.78, 5) is 2.65. The Morgan fingerprint density at radius 1 is 1.19 bits per heavy atom. The maximum atomic E-state index is 5.76. The molecule has 124 valence electrons. The van der Waals surface area contributed by atoms with Gasteiger partial charge in [-0.25, -0.2) is 0 Å². The molecule has 1 saturated carbocycles. The van der Waals surface area contributed by atoms with Crippen molar-refractivity contribution in [2.45, 2.75) is 64.8 Å². The van der Waals surface area contributed by atoms with Crippen molar-refractivity contribution in [3.8, 4) is 0 Å². The lowest BCUT2D eigenvalue weighted by Crippen LogP contribution is -2.47. The van der Waals surface area contributed by atoms with Crippen LogP contribution >= 0.6 is 0 Å². The Morgan fingerprint density at radius 3 is 2.48 bits per heavy atom. The quantitative estimate of drug-likeness (QED) is 0.730. The molecule has 1 heterocycles. The molecule has 2 fully saturated rings. The van der Waals surface area contributed by atoms with Crippen LogP contribution in [0.2, 0.25) is 0 Å². The van der Waals surface area contributed by atoms with Crippen molar-refractivity contribution >= 4 is 0 Å². The molecule has 1 unspecified atom stereocenters. The number of hydrogen-bond donors (Lipinski definition) is 1. The first kappa shape index (κ1) is 17.2. The molecule has 3 nitrogen and oxygen atoms in total. The minimum absolute atomic E-state index is 0.343. The van der Waals surface area contributed by atoms with Crippen LogP contribution < -0.4 is 5.32 Å². The summed E-state index contributed by atoms with van der Waals surface area (Å²) in [6, 6.07) is 0.801. The molecule has 1 aliphatic heterocycles. The molecule has 21 heavy (non-hydrogen) atoms. The van der Waals surface area contributed by atoms with E-state index in [1.165, 1.54) is 51.5 Å². The highest BCUT2D eigenvalue weighted by atomic mass is 16.5. The van der Waals surface area contributed by atoms with Crippen LogP contribution in [0.3, 0.4) is 0 Å². The van der Waals surface area contributed by atoms with Crippen LogP contribution in [0.5, 0.6) is 0 Å². The predicted molar refractivity (Wildman–Crippen MR) is 89.7 cm³/mol. The standard InChI is InChI=1S/C18H36N2O/c1-16(2)12-19-13-18(10-11-21-15-18)14-20(3)17-8-6-4-5-7-9-17/h16-17,19H,4-15H2,1-3H3. The summed E-state index contributed by atoms with van der Waals surface area (Å²) in [5, 5.41) is 3.68. The lowest BCUT2D eigenvalue weighted by Gasteiger charge is -2.36. The van der Waals surface area contributed by atoms with Crippen molar-refractivity contribution in [2.75, 3.05) is 39.9 Å². The van der Waals surface area contributed by atoms with Gasteiger partial charge < -0.3 is 15.0 Å². The van der Waals surface area contributed by atoms with Crippen LogP contribution in [0, 0.1) is 11.3 Å². The third-order valence-corrected chi connectivity index (χ3v) is 5.27. The summed E-state index contributed by atoms with van der Waals surface area (Å²) in [6.07, 6.45) is 9.73. The fourth-order valence-electron chi connectivity index (χ4n) is 3.95. The Balaban J connectivity index is 1.85. The van der Waals surface area contributed by atoms with Gasteiger partial charge in [-0.15, -0.1) is 0 Å². The number of ether oxygens (including phenoxy) is 1. The van der Waals surface area contributed by atoms with Crippen LogP contribution in [-0.2, 0) is 4.74 Å². The monoisotopic (exact) mass is 296 g/mol. The van der Waals surface area contributed by atoms with E-state index in [2.05, 4.69) is 31.1 Å². The summed E-state index contributed by atoms with van der Waals surface area (Å²) in [5.41, 5.74) is 0.343. The summed E-state index contributed by atoms with van der Waals surface area (Å²) < 4.78 is 5.76. The minimum Gasteiger partial charge on any atom is -0.381 e. The largest absolute Gasteiger partial charge is 0.381 e. The number of nitrogens with zero attached hydrogens (tertiary/aromatic N) is 1. The van der Waals surface area contributed by atoms with E-state index in [1.807, 2.05) is 0 Å². The Kier molecular flexibility index (Phi) is 6.97. The Labute approximate surface area is 131 Å². The van der Waals surface area contributed by atoms with Crippen LogP contribution in [0.1, 0.15) is 58.8 Å². The average molecular weight is 296 g/mol. The van der Waals surface area contributed by atoms with Gasteiger partial charge in [-0.2, -0.15) is 0 Å². The SMILES string of the molecule is CC(C)CNCC1(CN(C)C2CCCCCC2)CCOC1. The molecule has 1 aliphatic carbocycles. The van der Waals surface area contributed by atoms with E-state index in [4.69, 9.17) is 4.74 Å². The fraction of sp³-hybridized carbons (Fsp3) is 1.00. The van der Waals surface area contributed by atoms with Crippen molar-refractivity contribution in [1.82, 2.24) is 10.2 Å². The summed E-state index contributed by atoms with van der Waals surface area (Å²) in [7, 11) is 2.35. The minimum atomic E-state index is 0.343. The first-order chi connectivity index (χ1) is 10.1. The second-order valence-electron chi connectivity index (χ2n) is 7.89. The van der Waals surface area contributed by atoms with E-state index in [9.17, 15) is 0 Å². The van der Waals surface area contributed by atoms with Gasteiger partial charge in [-0.1, -0.05) is 39.5 Å². The molecule has 1 N–H and O–H groups in total. The Bertz CT molecular complexity index is 279. The Morgan fingerprint density at radius 2 is 1.90 bits per heavy atom. The molecule has 2 aliphatic rings. The molecule has 0 spiro atoms. The molecule has 1 saturated heterocycles.